The summed E-state index contributed by atoms with van der Waals surface area (Å²) in [6, 6.07) is 7.75. The fourth-order valence-electron chi connectivity index (χ4n) is 1.49. The molecule has 0 bridgehead atoms. The molecule has 0 atom stereocenters. The number of aromatic nitrogens is 2. The molecule has 0 amide bonds. The van der Waals surface area contributed by atoms with Crippen molar-refractivity contribution in [3.8, 4) is 17.0 Å². The maximum atomic E-state index is 8.90. The van der Waals surface area contributed by atoms with E-state index in [1.165, 1.54) is 0 Å². The van der Waals surface area contributed by atoms with Gasteiger partial charge in [-0.3, -0.25) is 0 Å². The van der Waals surface area contributed by atoms with E-state index in [0.717, 1.165) is 17.0 Å². The first-order valence-corrected chi connectivity index (χ1v) is 5.21. The predicted octanol–water partition coefficient (Wildman–Crippen LogP) is 1.97. The van der Waals surface area contributed by atoms with Crippen LogP contribution in [0, 0.1) is 0 Å². The van der Waals surface area contributed by atoms with E-state index in [4.69, 9.17) is 9.84 Å². The summed E-state index contributed by atoms with van der Waals surface area (Å²) in [6.07, 6.45) is 1.71. The Hall–Kier alpha value is -1.81. The quantitative estimate of drug-likeness (QED) is 0.824. The lowest BCUT2D eigenvalue weighted by molar-refractivity contribution is 0.272. The molecule has 1 aromatic heterocycles. The third-order valence-electron chi connectivity index (χ3n) is 2.25. The van der Waals surface area contributed by atoms with Crippen LogP contribution in [-0.4, -0.2) is 21.7 Å². The maximum absolute atomic E-state index is 8.90. The van der Waals surface area contributed by atoms with Gasteiger partial charge in [0.15, 0.2) is 0 Å². The summed E-state index contributed by atoms with van der Waals surface area (Å²) < 4.78 is 5.36. The Morgan fingerprint density at radius 3 is 2.62 bits per heavy atom. The lowest BCUT2D eigenvalue weighted by atomic mass is 10.2. The molecular weight excluding hydrogens is 204 g/mol. The van der Waals surface area contributed by atoms with Crippen molar-refractivity contribution in [3.05, 3.63) is 36.3 Å². The number of aliphatic hydroxyl groups excluding tert-OH is 1. The zero-order valence-electron chi connectivity index (χ0n) is 9.10. The summed E-state index contributed by atoms with van der Waals surface area (Å²) in [5.41, 5.74) is 1.92. The fraction of sp³-hybridized carbons (Fsp3) is 0.250. The van der Waals surface area contributed by atoms with Crippen molar-refractivity contribution in [2.45, 2.75) is 13.5 Å². The highest BCUT2D eigenvalue weighted by Crippen LogP contribution is 2.20. The number of rotatable bonds is 4. The number of hydrogen-bond acceptors (Lipinski definition) is 3. The Kier molecular flexibility index (Phi) is 3.22. The molecule has 0 saturated carbocycles. The zero-order valence-corrected chi connectivity index (χ0v) is 9.10. The van der Waals surface area contributed by atoms with Gasteiger partial charge in [0.1, 0.15) is 18.2 Å². The molecule has 0 radical (unpaired) electrons. The van der Waals surface area contributed by atoms with Gasteiger partial charge in [-0.15, -0.1) is 0 Å². The van der Waals surface area contributed by atoms with Crippen LogP contribution in [0.2, 0.25) is 0 Å². The minimum Gasteiger partial charge on any atom is -0.494 e. The van der Waals surface area contributed by atoms with Crippen LogP contribution in [0.1, 0.15) is 12.7 Å². The third-order valence-corrected chi connectivity index (χ3v) is 2.25. The standard InChI is InChI=1S/C12H14N2O2/c1-2-16-10-5-3-9(4-6-10)11-7-13-12(8-15)14-11/h3-7,15H,2,8H2,1H3,(H,13,14). The van der Waals surface area contributed by atoms with Gasteiger partial charge in [0.25, 0.3) is 0 Å². The molecule has 2 aromatic rings. The highest BCUT2D eigenvalue weighted by atomic mass is 16.5. The van der Waals surface area contributed by atoms with Gasteiger partial charge in [-0.25, -0.2) is 4.98 Å². The first-order valence-electron chi connectivity index (χ1n) is 5.21. The molecule has 1 heterocycles. The van der Waals surface area contributed by atoms with Gasteiger partial charge in [-0.2, -0.15) is 0 Å². The molecule has 0 aliphatic heterocycles. The van der Waals surface area contributed by atoms with Crippen LogP contribution in [-0.2, 0) is 6.61 Å². The minimum atomic E-state index is -0.0724. The number of nitrogens with zero attached hydrogens (tertiary/aromatic N) is 1. The second kappa shape index (κ2) is 4.81. The molecular formula is C12H14N2O2. The fourth-order valence-corrected chi connectivity index (χ4v) is 1.49. The summed E-state index contributed by atoms with van der Waals surface area (Å²) in [5, 5.41) is 8.90. The van der Waals surface area contributed by atoms with Crippen LogP contribution in [0.5, 0.6) is 5.75 Å². The van der Waals surface area contributed by atoms with Crippen molar-refractivity contribution >= 4 is 0 Å². The number of imidazole rings is 1. The largest absolute Gasteiger partial charge is 0.494 e. The average molecular weight is 218 g/mol. The number of nitrogens with one attached hydrogen (secondary N) is 1. The molecule has 4 heteroatoms. The number of hydrogen-bond donors (Lipinski definition) is 2. The van der Waals surface area contributed by atoms with Gasteiger partial charge in [0, 0.05) is 0 Å². The summed E-state index contributed by atoms with van der Waals surface area (Å²) in [4.78, 5) is 7.06. The van der Waals surface area contributed by atoms with Gasteiger partial charge < -0.3 is 14.8 Å². The molecule has 2 N–H and O–H groups in total. The van der Waals surface area contributed by atoms with Crippen LogP contribution >= 0.6 is 0 Å². The SMILES string of the molecule is CCOc1ccc(-c2cnc(CO)[nH]2)cc1. The number of aromatic amines is 1. The molecule has 2 rings (SSSR count). The van der Waals surface area contributed by atoms with Crippen LogP contribution in [0.25, 0.3) is 11.3 Å². The molecule has 0 unspecified atom stereocenters. The molecule has 4 nitrogen and oxygen atoms in total. The van der Waals surface area contributed by atoms with Gasteiger partial charge in [-0.05, 0) is 36.8 Å². The van der Waals surface area contributed by atoms with Crippen molar-refractivity contribution in [1.82, 2.24) is 9.97 Å². The van der Waals surface area contributed by atoms with Gasteiger partial charge in [-0.1, -0.05) is 0 Å². The van der Waals surface area contributed by atoms with E-state index < -0.39 is 0 Å². The number of H-pyrrole nitrogens is 1. The van der Waals surface area contributed by atoms with Gasteiger partial charge in [0.05, 0.1) is 18.5 Å². The molecule has 84 valence electrons. The van der Waals surface area contributed by atoms with E-state index in [1.54, 1.807) is 6.20 Å². The van der Waals surface area contributed by atoms with E-state index in [0.29, 0.717) is 12.4 Å². The van der Waals surface area contributed by atoms with Crippen molar-refractivity contribution in [3.63, 3.8) is 0 Å². The monoisotopic (exact) mass is 218 g/mol. The van der Waals surface area contributed by atoms with Gasteiger partial charge >= 0.3 is 0 Å². The highest BCUT2D eigenvalue weighted by molar-refractivity contribution is 5.59. The lowest BCUT2D eigenvalue weighted by Crippen LogP contribution is -1.90. The molecule has 16 heavy (non-hydrogen) atoms. The lowest BCUT2D eigenvalue weighted by Gasteiger charge is -2.03. The van der Waals surface area contributed by atoms with Crippen LogP contribution in [0.3, 0.4) is 0 Å². The normalized spacial score (nSPS) is 10.4. The number of benzene rings is 1. The summed E-state index contributed by atoms with van der Waals surface area (Å²) in [7, 11) is 0. The second-order valence-electron chi connectivity index (χ2n) is 3.36. The van der Waals surface area contributed by atoms with Crippen molar-refractivity contribution in [1.29, 1.82) is 0 Å². The van der Waals surface area contributed by atoms with Gasteiger partial charge in [0.2, 0.25) is 0 Å². The first-order chi connectivity index (χ1) is 7.83. The Balaban J connectivity index is 2.20. The highest BCUT2D eigenvalue weighted by Gasteiger charge is 2.02. The minimum absolute atomic E-state index is 0.0724. The van der Waals surface area contributed by atoms with E-state index >= 15 is 0 Å². The molecule has 0 aliphatic rings. The Labute approximate surface area is 93.9 Å². The van der Waals surface area contributed by atoms with Crippen LogP contribution in [0.15, 0.2) is 30.5 Å². The summed E-state index contributed by atoms with van der Waals surface area (Å²) in [5.74, 6) is 1.43. The Morgan fingerprint density at radius 2 is 2.06 bits per heavy atom. The molecule has 0 fully saturated rings. The van der Waals surface area contributed by atoms with Crippen molar-refractivity contribution in [2.75, 3.05) is 6.61 Å². The Bertz CT molecular complexity index is 448. The van der Waals surface area contributed by atoms with E-state index in [9.17, 15) is 0 Å². The van der Waals surface area contributed by atoms with E-state index in [2.05, 4.69) is 9.97 Å². The maximum Gasteiger partial charge on any atom is 0.132 e. The van der Waals surface area contributed by atoms with Crippen LogP contribution in [0.4, 0.5) is 0 Å². The Morgan fingerprint density at radius 1 is 1.31 bits per heavy atom. The topological polar surface area (TPSA) is 58.1 Å². The summed E-state index contributed by atoms with van der Waals surface area (Å²) in [6.45, 7) is 2.55. The summed E-state index contributed by atoms with van der Waals surface area (Å²) >= 11 is 0. The molecule has 0 aliphatic carbocycles. The van der Waals surface area contributed by atoms with E-state index in [-0.39, 0.29) is 6.61 Å². The number of aliphatic hydroxyl groups is 1. The molecule has 0 saturated heterocycles. The first kappa shape index (κ1) is 10.7. The van der Waals surface area contributed by atoms with Crippen molar-refractivity contribution in [2.24, 2.45) is 0 Å². The predicted molar refractivity (Wildman–Crippen MR) is 61.1 cm³/mol. The second-order valence-corrected chi connectivity index (χ2v) is 3.36. The average Bonchev–Trinajstić information content (AvgIpc) is 2.79. The number of ether oxygens (including phenoxy) is 1. The van der Waals surface area contributed by atoms with Crippen molar-refractivity contribution < 1.29 is 9.84 Å². The molecule has 0 spiro atoms. The van der Waals surface area contributed by atoms with Crippen LogP contribution < -0.4 is 4.74 Å². The van der Waals surface area contributed by atoms with E-state index in [1.807, 2.05) is 31.2 Å². The molecule has 1 aromatic carbocycles. The smallest absolute Gasteiger partial charge is 0.132 e. The third kappa shape index (κ3) is 2.23. The zero-order chi connectivity index (χ0) is 11.4.